The van der Waals surface area contributed by atoms with Gasteiger partial charge in [-0.25, -0.2) is 4.98 Å². The molecule has 0 unspecified atom stereocenters. The predicted molar refractivity (Wildman–Crippen MR) is 69.2 cm³/mol. The van der Waals surface area contributed by atoms with Gasteiger partial charge in [0.25, 0.3) is 0 Å². The summed E-state index contributed by atoms with van der Waals surface area (Å²) in [6.45, 7) is 6.04. The van der Waals surface area contributed by atoms with Crippen LogP contribution in [0.15, 0.2) is 12.1 Å². The maximum atomic E-state index is 5.68. The summed E-state index contributed by atoms with van der Waals surface area (Å²) < 4.78 is 5.46. The van der Waals surface area contributed by atoms with Crippen LogP contribution in [0.1, 0.15) is 16.8 Å². The van der Waals surface area contributed by atoms with Crippen LogP contribution in [-0.4, -0.2) is 17.1 Å². The number of nitrogen functional groups attached to an aromatic ring is 1. The lowest BCUT2D eigenvalue weighted by atomic mass is 10.0. The topological polar surface area (TPSA) is 63.9 Å². The summed E-state index contributed by atoms with van der Waals surface area (Å²) in [4.78, 5) is 7.32. The van der Waals surface area contributed by atoms with Crippen molar-refractivity contribution in [2.45, 2.75) is 20.8 Å². The first-order chi connectivity index (χ1) is 8.02. The molecule has 0 aliphatic heterocycles. The number of aromatic amines is 1. The normalized spacial score (nSPS) is 10.6. The van der Waals surface area contributed by atoms with Crippen LogP contribution in [0.2, 0.25) is 0 Å². The van der Waals surface area contributed by atoms with E-state index in [1.807, 2.05) is 13.8 Å². The van der Waals surface area contributed by atoms with Gasteiger partial charge in [0.15, 0.2) is 5.95 Å². The largest absolute Gasteiger partial charge is 0.496 e. The fraction of sp³-hybridized carbons (Fsp3) is 0.308. The number of hydrogen-bond donors (Lipinski definition) is 2. The van der Waals surface area contributed by atoms with Gasteiger partial charge in [-0.15, -0.1) is 0 Å². The molecule has 0 spiro atoms. The van der Waals surface area contributed by atoms with Crippen molar-refractivity contribution in [1.29, 1.82) is 0 Å². The van der Waals surface area contributed by atoms with Gasteiger partial charge in [0.1, 0.15) is 5.75 Å². The van der Waals surface area contributed by atoms with E-state index < -0.39 is 0 Å². The van der Waals surface area contributed by atoms with Crippen molar-refractivity contribution in [2.75, 3.05) is 12.8 Å². The van der Waals surface area contributed by atoms with E-state index in [4.69, 9.17) is 10.5 Å². The molecule has 0 radical (unpaired) electrons. The molecule has 4 heteroatoms. The smallest absolute Gasteiger partial charge is 0.198 e. The summed E-state index contributed by atoms with van der Waals surface area (Å²) in [7, 11) is 1.67. The average Bonchev–Trinajstić information content (AvgIpc) is 2.56. The van der Waals surface area contributed by atoms with E-state index in [2.05, 4.69) is 29.0 Å². The van der Waals surface area contributed by atoms with Gasteiger partial charge in [-0.1, -0.05) is 6.07 Å². The molecule has 90 valence electrons. The van der Waals surface area contributed by atoms with Crippen molar-refractivity contribution < 1.29 is 4.74 Å². The van der Waals surface area contributed by atoms with Crippen LogP contribution in [-0.2, 0) is 0 Å². The minimum absolute atomic E-state index is 0.429. The maximum Gasteiger partial charge on any atom is 0.198 e. The summed E-state index contributed by atoms with van der Waals surface area (Å²) in [5.74, 6) is 1.28. The first-order valence-corrected chi connectivity index (χ1v) is 5.50. The zero-order chi connectivity index (χ0) is 12.6. The van der Waals surface area contributed by atoms with Crippen LogP contribution >= 0.6 is 0 Å². The highest BCUT2D eigenvalue weighted by atomic mass is 16.5. The third-order valence-electron chi connectivity index (χ3n) is 2.78. The first kappa shape index (κ1) is 11.5. The number of nitrogens with one attached hydrogen (secondary N) is 1. The molecule has 0 atom stereocenters. The monoisotopic (exact) mass is 231 g/mol. The van der Waals surface area contributed by atoms with Gasteiger partial charge in [0.2, 0.25) is 0 Å². The molecule has 17 heavy (non-hydrogen) atoms. The van der Waals surface area contributed by atoms with Gasteiger partial charge < -0.3 is 15.5 Å². The molecule has 0 saturated carbocycles. The first-order valence-electron chi connectivity index (χ1n) is 5.50. The molecule has 2 rings (SSSR count). The molecule has 1 aromatic carbocycles. The van der Waals surface area contributed by atoms with Crippen molar-refractivity contribution >= 4 is 5.95 Å². The van der Waals surface area contributed by atoms with Gasteiger partial charge in [-0.05, 0) is 38.0 Å². The van der Waals surface area contributed by atoms with Gasteiger partial charge >= 0.3 is 0 Å². The second kappa shape index (κ2) is 4.13. The van der Waals surface area contributed by atoms with Gasteiger partial charge in [-0.2, -0.15) is 0 Å². The van der Waals surface area contributed by atoms with Crippen molar-refractivity contribution in [1.82, 2.24) is 9.97 Å². The molecule has 3 N–H and O–H groups in total. The minimum Gasteiger partial charge on any atom is -0.496 e. The molecule has 4 nitrogen and oxygen atoms in total. The van der Waals surface area contributed by atoms with Crippen LogP contribution in [0.4, 0.5) is 5.95 Å². The summed E-state index contributed by atoms with van der Waals surface area (Å²) in [5, 5.41) is 0. The van der Waals surface area contributed by atoms with Crippen LogP contribution in [0.3, 0.4) is 0 Å². The fourth-order valence-electron chi connectivity index (χ4n) is 2.15. The van der Waals surface area contributed by atoms with Crippen LogP contribution < -0.4 is 10.5 Å². The number of rotatable bonds is 2. The number of ether oxygens (including phenoxy) is 1. The van der Waals surface area contributed by atoms with E-state index in [0.717, 1.165) is 28.3 Å². The molecular formula is C13H17N3O. The Hall–Kier alpha value is -1.97. The number of imidazole rings is 1. The lowest BCUT2D eigenvalue weighted by molar-refractivity contribution is 0.413. The Kier molecular flexibility index (Phi) is 2.79. The van der Waals surface area contributed by atoms with E-state index in [0.29, 0.717) is 5.95 Å². The Bertz CT molecular complexity index is 558. The predicted octanol–water partition coefficient (Wildman–Crippen LogP) is 2.59. The summed E-state index contributed by atoms with van der Waals surface area (Å²) >= 11 is 0. The van der Waals surface area contributed by atoms with Gasteiger partial charge in [0.05, 0.1) is 12.8 Å². The Balaban J connectivity index is 2.69. The molecule has 0 amide bonds. The molecule has 2 aromatic rings. The third kappa shape index (κ3) is 1.98. The standard InChI is InChI=1S/C13H17N3O/c1-7-5-8(2)12(17-4)10(6-7)11-9(3)15-13(14)16-11/h5-6H,1-4H3,(H3,14,15,16). The van der Waals surface area contributed by atoms with E-state index in [9.17, 15) is 0 Å². The highest BCUT2D eigenvalue weighted by molar-refractivity contribution is 5.72. The highest BCUT2D eigenvalue weighted by Gasteiger charge is 2.14. The van der Waals surface area contributed by atoms with Crippen molar-refractivity contribution in [2.24, 2.45) is 0 Å². The number of aryl methyl sites for hydroxylation is 3. The van der Waals surface area contributed by atoms with E-state index in [1.54, 1.807) is 7.11 Å². The Morgan fingerprint density at radius 1 is 1.24 bits per heavy atom. The number of H-pyrrole nitrogens is 1. The van der Waals surface area contributed by atoms with Crippen LogP contribution in [0.5, 0.6) is 5.75 Å². The zero-order valence-electron chi connectivity index (χ0n) is 10.6. The second-order valence-electron chi connectivity index (χ2n) is 4.26. The number of aromatic nitrogens is 2. The van der Waals surface area contributed by atoms with E-state index >= 15 is 0 Å². The number of nitrogens with zero attached hydrogens (tertiary/aromatic N) is 1. The molecule has 0 aliphatic rings. The third-order valence-corrected chi connectivity index (χ3v) is 2.78. The van der Waals surface area contributed by atoms with Crippen LogP contribution in [0.25, 0.3) is 11.3 Å². The molecule has 0 bridgehead atoms. The quantitative estimate of drug-likeness (QED) is 0.835. The number of hydrogen-bond acceptors (Lipinski definition) is 3. The summed E-state index contributed by atoms with van der Waals surface area (Å²) in [5.41, 5.74) is 10.7. The molecular weight excluding hydrogens is 214 g/mol. The summed E-state index contributed by atoms with van der Waals surface area (Å²) in [6, 6.07) is 4.15. The lowest BCUT2D eigenvalue weighted by Gasteiger charge is -2.11. The average molecular weight is 231 g/mol. The minimum atomic E-state index is 0.429. The highest BCUT2D eigenvalue weighted by Crippen LogP contribution is 2.34. The summed E-state index contributed by atoms with van der Waals surface area (Å²) in [6.07, 6.45) is 0. The Morgan fingerprint density at radius 3 is 2.47 bits per heavy atom. The SMILES string of the molecule is COc1c(C)cc(C)cc1-c1nc(N)[nH]c1C. The molecule has 0 saturated heterocycles. The molecule has 0 aliphatic carbocycles. The number of anilines is 1. The van der Waals surface area contributed by atoms with Crippen LogP contribution in [0, 0.1) is 20.8 Å². The van der Waals surface area contributed by atoms with Gasteiger partial charge in [-0.3, -0.25) is 0 Å². The van der Waals surface area contributed by atoms with Crippen molar-refractivity contribution in [3.8, 4) is 17.0 Å². The van der Waals surface area contributed by atoms with Crippen molar-refractivity contribution in [3.63, 3.8) is 0 Å². The molecule has 0 fully saturated rings. The second-order valence-corrected chi connectivity index (χ2v) is 4.26. The number of methoxy groups -OCH3 is 1. The Morgan fingerprint density at radius 2 is 1.94 bits per heavy atom. The molecule has 1 heterocycles. The van der Waals surface area contributed by atoms with Crippen molar-refractivity contribution in [3.05, 3.63) is 29.0 Å². The molecule has 1 aromatic heterocycles. The zero-order valence-corrected chi connectivity index (χ0v) is 10.6. The Labute approximate surface area is 101 Å². The number of nitrogens with two attached hydrogens (primary N) is 1. The fourth-order valence-corrected chi connectivity index (χ4v) is 2.15. The van der Waals surface area contributed by atoms with E-state index in [-0.39, 0.29) is 0 Å². The number of benzene rings is 1. The lowest BCUT2D eigenvalue weighted by Crippen LogP contribution is -1.94. The maximum absolute atomic E-state index is 5.68. The van der Waals surface area contributed by atoms with E-state index in [1.165, 1.54) is 5.56 Å². The van der Waals surface area contributed by atoms with Gasteiger partial charge in [0, 0.05) is 11.3 Å².